The maximum Gasteiger partial charge on any atom is 0.312 e. The molecule has 0 bridgehead atoms. The van der Waals surface area contributed by atoms with Crippen LogP contribution in [-0.2, 0) is 6.67 Å². The van der Waals surface area contributed by atoms with Gasteiger partial charge < -0.3 is 16.9 Å². The second kappa shape index (κ2) is 21.0. The van der Waals surface area contributed by atoms with Crippen LogP contribution in [0.1, 0.15) is 136 Å². The zero-order valence-corrected chi connectivity index (χ0v) is 26.0. The van der Waals surface area contributed by atoms with Gasteiger partial charge in [0.2, 0.25) is 0 Å². The fourth-order valence-corrected chi connectivity index (χ4v) is 6.56. The summed E-state index contributed by atoms with van der Waals surface area (Å²) in [6, 6.07) is 8.42. The second-order valence-electron chi connectivity index (χ2n) is 11.2. The third-order valence-electron chi connectivity index (χ3n) is 7.97. The molecular formula is C32H57ClN2OS. The van der Waals surface area contributed by atoms with Crippen molar-refractivity contribution in [2.24, 2.45) is 0 Å². The number of halogens is 1. The highest BCUT2D eigenvalue weighted by molar-refractivity contribution is 7.16. The molecule has 37 heavy (non-hydrogen) atoms. The van der Waals surface area contributed by atoms with Gasteiger partial charge in [0.1, 0.15) is 0 Å². The lowest BCUT2D eigenvalue weighted by molar-refractivity contribution is -0.949. The number of benzene rings is 1. The molecule has 0 amide bonds. The predicted octanol–water partition coefficient (Wildman–Crippen LogP) is 6.92. The average Bonchev–Trinajstić information content (AvgIpc) is 3.20. The van der Waals surface area contributed by atoms with Gasteiger partial charge in [-0.05, 0) is 50.7 Å². The van der Waals surface area contributed by atoms with Crippen LogP contribution in [0.3, 0.4) is 0 Å². The molecule has 1 aromatic carbocycles. The highest BCUT2D eigenvalue weighted by Gasteiger charge is 2.28. The molecule has 0 aliphatic carbocycles. The highest BCUT2D eigenvalue weighted by Crippen LogP contribution is 2.23. The number of aromatic nitrogens is 1. The van der Waals surface area contributed by atoms with E-state index in [2.05, 4.69) is 49.6 Å². The Balaban J connectivity index is 0.00000684. The molecule has 0 atom stereocenters. The van der Waals surface area contributed by atoms with Gasteiger partial charge in [0.05, 0.1) is 29.9 Å². The molecule has 1 heterocycles. The predicted molar refractivity (Wildman–Crippen MR) is 161 cm³/mol. The van der Waals surface area contributed by atoms with E-state index in [1.165, 1.54) is 147 Å². The molecule has 214 valence electrons. The Labute approximate surface area is 239 Å². The standard InChI is InChI=1S/C32H57N2OS.ClH/c1-4-7-10-13-16-21-26-34(27-22-17-14-11-8-5-2,28-23-18-15-12-9-6-3)29-33-30-24-19-20-25-31(30)36-32(33)35;/h19-20,24-25H,4-18,21-23,26-29H2,1-3H3;1H/q+1;/p-1. The van der Waals surface area contributed by atoms with Crippen LogP contribution in [0.15, 0.2) is 29.1 Å². The van der Waals surface area contributed by atoms with Gasteiger partial charge >= 0.3 is 4.87 Å². The molecule has 0 fully saturated rings. The van der Waals surface area contributed by atoms with Gasteiger partial charge in [0, 0.05) is 0 Å². The fourth-order valence-electron chi connectivity index (χ4n) is 5.68. The molecule has 3 nitrogen and oxygen atoms in total. The molecule has 0 unspecified atom stereocenters. The highest BCUT2D eigenvalue weighted by atomic mass is 35.5. The molecule has 0 N–H and O–H groups in total. The summed E-state index contributed by atoms with van der Waals surface area (Å²) < 4.78 is 4.38. The Hall–Kier alpha value is -0.840. The molecule has 1 aromatic heterocycles. The van der Waals surface area contributed by atoms with Crippen molar-refractivity contribution in [3.8, 4) is 0 Å². The van der Waals surface area contributed by atoms with E-state index in [0.29, 0.717) is 0 Å². The topological polar surface area (TPSA) is 22.0 Å². The number of quaternary nitrogens is 1. The molecule has 0 radical (unpaired) electrons. The Morgan fingerprint density at radius 1 is 0.622 bits per heavy atom. The maximum atomic E-state index is 13.1. The van der Waals surface area contributed by atoms with Gasteiger partial charge in [-0.15, -0.1) is 0 Å². The first-order valence-corrected chi connectivity index (χ1v) is 16.4. The molecule has 0 spiro atoms. The summed E-state index contributed by atoms with van der Waals surface area (Å²) in [7, 11) is 0. The molecule has 0 saturated heterocycles. The molecule has 5 heteroatoms. The van der Waals surface area contributed by atoms with E-state index >= 15 is 0 Å². The summed E-state index contributed by atoms with van der Waals surface area (Å²) in [5.41, 5.74) is 1.14. The Bertz CT molecular complexity index is 821. The number of hydrogen-bond acceptors (Lipinski definition) is 2. The van der Waals surface area contributed by atoms with Crippen LogP contribution in [0.2, 0.25) is 0 Å². The van der Waals surface area contributed by atoms with Crippen molar-refractivity contribution >= 4 is 21.6 Å². The third kappa shape index (κ3) is 13.2. The number of nitrogens with zero attached hydrogens (tertiary/aromatic N) is 2. The van der Waals surface area contributed by atoms with Crippen molar-refractivity contribution in [1.82, 2.24) is 4.57 Å². The maximum absolute atomic E-state index is 13.1. The van der Waals surface area contributed by atoms with E-state index in [0.717, 1.165) is 21.4 Å². The third-order valence-corrected chi connectivity index (χ3v) is 8.93. The second-order valence-corrected chi connectivity index (χ2v) is 12.2. The van der Waals surface area contributed by atoms with Gasteiger partial charge in [-0.25, -0.2) is 0 Å². The smallest absolute Gasteiger partial charge is 0.312 e. The molecule has 0 aliphatic rings. The lowest BCUT2D eigenvalue weighted by atomic mass is 10.1. The summed E-state index contributed by atoms with van der Waals surface area (Å²) in [6.07, 6.45) is 24.2. The zero-order chi connectivity index (χ0) is 25.9. The number of unbranched alkanes of at least 4 members (excludes halogenated alkanes) is 15. The van der Waals surface area contributed by atoms with E-state index in [9.17, 15) is 4.79 Å². The minimum atomic E-state index is 0. The number of rotatable bonds is 23. The molecule has 0 saturated carbocycles. The minimum Gasteiger partial charge on any atom is -1.00 e. The average molecular weight is 553 g/mol. The summed E-state index contributed by atoms with van der Waals surface area (Å²) >= 11 is 1.43. The lowest BCUT2D eigenvalue weighted by Gasteiger charge is -2.39. The van der Waals surface area contributed by atoms with Crippen LogP contribution in [0.5, 0.6) is 0 Å². The van der Waals surface area contributed by atoms with Crippen molar-refractivity contribution in [2.45, 2.75) is 143 Å². The lowest BCUT2D eigenvalue weighted by Crippen LogP contribution is -3.00. The van der Waals surface area contributed by atoms with E-state index < -0.39 is 0 Å². The first kappa shape index (κ1) is 34.2. The van der Waals surface area contributed by atoms with Gasteiger partial charge in [-0.3, -0.25) is 9.36 Å². The van der Waals surface area contributed by atoms with E-state index in [1.54, 1.807) is 0 Å². The largest absolute Gasteiger partial charge is 1.00 e. The Morgan fingerprint density at radius 2 is 1.03 bits per heavy atom. The summed E-state index contributed by atoms with van der Waals surface area (Å²) in [5, 5.41) is 0. The van der Waals surface area contributed by atoms with Crippen molar-refractivity contribution in [1.29, 1.82) is 0 Å². The van der Waals surface area contributed by atoms with Crippen LogP contribution in [0, 0.1) is 0 Å². The van der Waals surface area contributed by atoms with Gasteiger partial charge in [-0.2, -0.15) is 0 Å². The first-order valence-electron chi connectivity index (χ1n) is 15.6. The SMILES string of the molecule is CCCCCCCC[N+](CCCCCCCC)(CCCCCCCC)Cn1c(=O)sc2ccccc21.[Cl-]. The number of hydrogen-bond donors (Lipinski definition) is 0. The van der Waals surface area contributed by atoms with Crippen molar-refractivity contribution in [3.05, 3.63) is 33.9 Å². The number of para-hydroxylation sites is 1. The normalized spacial score (nSPS) is 11.8. The number of thiazole rings is 1. The molecule has 2 rings (SSSR count). The first-order chi connectivity index (χ1) is 17.7. The zero-order valence-electron chi connectivity index (χ0n) is 24.5. The van der Waals surface area contributed by atoms with Crippen molar-refractivity contribution < 1.29 is 16.9 Å². The van der Waals surface area contributed by atoms with Gasteiger partial charge in [0.15, 0.2) is 6.67 Å². The Morgan fingerprint density at radius 3 is 1.49 bits per heavy atom. The minimum absolute atomic E-state index is 0. The van der Waals surface area contributed by atoms with Crippen LogP contribution in [0.4, 0.5) is 0 Å². The van der Waals surface area contributed by atoms with Gasteiger partial charge in [0.25, 0.3) is 0 Å². The van der Waals surface area contributed by atoms with Crippen LogP contribution in [0.25, 0.3) is 10.2 Å². The summed E-state index contributed by atoms with van der Waals surface area (Å²) in [4.78, 5) is 13.4. The quantitative estimate of drug-likeness (QED) is 0.108. The van der Waals surface area contributed by atoms with E-state index in [4.69, 9.17) is 0 Å². The van der Waals surface area contributed by atoms with Crippen LogP contribution < -0.4 is 17.3 Å². The van der Waals surface area contributed by atoms with Gasteiger partial charge in [-0.1, -0.05) is 121 Å². The molecule has 2 aromatic rings. The number of fused-ring (bicyclic) bond motifs is 1. The van der Waals surface area contributed by atoms with E-state index in [-0.39, 0.29) is 17.3 Å². The van der Waals surface area contributed by atoms with Crippen molar-refractivity contribution in [2.75, 3.05) is 19.6 Å². The fraction of sp³-hybridized carbons (Fsp3) is 0.781. The van der Waals surface area contributed by atoms with Crippen LogP contribution in [-0.4, -0.2) is 28.7 Å². The monoisotopic (exact) mass is 552 g/mol. The van der Waals surface area contributed by atoms with E-state index in [1.807, 2.05) is 0 Å². The summed E-state index contributed by atoms with van der Waals surface area (Å²) in [6.45, 7) is 11.4. The van der Waals surface area contributed by atoms with Crippen molar-refractivity contribution in [3.63, 3.8) is 0 Å². The Kier molecular flexibility index (Phi) is 19.4. The molecule has 0 aliphatic heterocycles. The summed E-state index contributed by atoms with van der Waals surface area (Å²) in [5.74, 6) is 0. The molecular weight excluding hydrogens is 496 g/mol. The van der Waals surface area contributed by atoms with Crippen LogP contribution >= 0.6 is 11.3 Å².